The molecule has 0 saturated carbocycles. The van der Waals surface area contributed by atoms with Crippen LogP contribution < -0.4 is 0 Å². The zero-order valence-corrected chi connectivity index (χ0v) is 25.0. The molecule has 0 fully saturated rings. The SMILES string of the molecule is Cc1sccc1-c1c(-c2cccc(-c3ccc(C(=O)O)cc3Cl)c2)n(S(=O)(=O)c2ccc(Cl)cc2)c2ccc(F)cc12. The summed E-state index contributed by atoms with van der Waals surface area (Å²) in [5, 5.41) is 12.3. The van der Waals surface area contributed by atoms with E-state index in [4.69, 9.17) is 23.2 Å². The Balaban J connectivity index is 1.71. The fourth-order valence-electron chi connectivity index (χ4n) is 5.09. The van der Waals surface area contributed by atoms with Crippen molar-refractivity contribution in [2.24, 2.45) is 0 Å². The van der Waals surface area contributed by atoms with Crippen LogP contribution in [0, 0.1) is 12.7 Å². The van der Waals surface area contributed by atoms with Crippen molar-refractivity contribution in [1.82, 2.24) is 3.97 Å². The summed E-state index contributed by atoms with van der Waals surface area (Å²) in [6.07, 6.45) is 0. The van der Waals surface area contributed by atoms with Crippen LogP contribution in [0.25, 0.3) is 44.4 Å². The predicted octanol–water partition coefficient (Wildman–Crippen LogP) is 9.39. The molecule has 1 N–H and O–H groups in total. The molecular weight excluding hydrogens is 616 g/mol. The number of hydrogen-bond donors (Lipinski definition) is 1. The van der Waals surface area contributed by atoms with Crippen LogP contribution in [0.2, 0.25) is 10.0 Å². The Bertz CT molecular complexity index is 2130. The first-order valence-corrected chi connectivity index (χ1v) is 15.7. The number of benzene rings is 4. The fraction of sp³-hybridized carbons (Fsp3) is 0.0312. The molecule has 0 saturated heterocycles. The molecule has 0 bridgehead atoms. The minimum absolute atomic E-state index is 0.0198. The van der Waals surface area contributed by atoms with Crippen LogP contribution in [0.1, 0.15) is 15.2 Å². The topological polar surface area (TPSA) is 76.4 Å². The normalized spacial score (nSPS) is 11.7. The Kier molecular flexibility index (Phi) is 7.19. The van der Waals surface area contributed by atoms with Gasteiger partial charge in [0.2, 0.25) is 0 Å². The molecule has 0 atom stereocenters. The van der Waals surface area contributed by atoms with Gasteiger partial charge in [-0.3, -0.25) is 0 Å². The summed E-state index contributed by atoms with van der Waals surface area (Å²) in [5.74, 6) is -1.60. The number of nitrogens with zero attached hydrogens (tertiary/aromatic N) is 1. The first-order valence-electron chi connectivity index (χ1n) is 12.6. The standard InChI is InChI=1S/C32H20Cl2FNO4S2/c1-18-25(13-14-41-18)30-27-17-23(35)8-12-29(27)36(42(39,40)24-9-6-22(33)7-10-24)31(30)20-4-2-3-19(15-20)26-11-5-21(32(37)38)16-28(26)34/h2-17H,1H3,(H,37,38). The number of aromatic carboxylic acids is 1. The van der Waals surface area contributed by atoms with Gasteiger partial charge in [0.1, 0.15) is 5.82 Å². The van der Waals surface area contributed by atoms with Crippen molar-refractivity contribution in [3.63, 3.8) is 0 Å². The zero-order valence-electron chi connectivity index (χ0n) is 21.8. The second-order valence-corrected chi connectivity index (χ2v) is 13.3. The molecule has 0 aliphatic rings. The van der Waals surface area contributed by atoms with Crippen LogP contribution in [0.3, 0.4) is 0 Å². The van der Waals surface area contributed by atoms with Gasteiger partial charge in [-0.1, -0.05) is 47.5 Å². The van der Waals surface area contributed by atoms with Crippen LogP contribution in [-0.4, -0.2) is 23.5 Å². The van der Waals surface area contributed by atoms with E-state index < -0.39 is 21.8 Å². The second-order valence-electron chi connectivity index (χ2n) is 9.58. The molecule has 2 aromatic heterocycles. The van der Waals surface area contributed by atoms with Crippen molar-refractivity contribution in [1.29, 1.82) is 0 Å². The third-order valence-corrected chi connectivity index (χ3v) is 10.2. The average Bonchev–Trinajstić information content (AvgIpc) is 3.53. The highest BCUT2D eigenvalue weighted by atomic mass is 35.5. The van der Waals surface area contributed by atoms with E-state index in [-0.39, 0.29) is 15.5 Å². The first kappa shape index (κ1) is 28.2. The molecule has 5 nitrogen and oxygen atoms in total. The predicted molar refractivity (Wildman–Crippen MR) is 167 cm³/mol. The van der Waals surface area contributed by atoms with Crippen LogP contribution in [0.5, 0.6) is 0 Å². The molecule has 0 radical (unpaired) electrons. The number of aromatic nitrogens is 1. The third-order valence-electron chi connectivity index (χ3n) is 7.03. The van der Waals surface area contributed by atoms with Crippen LogP contribution >= 0.6 is 34.5 Å². The zero-order chi connectivity index (χ0) is 29.8. The van der Waals surface area contributed by atoms with Gasteiger partial charge in [0.25, 0.3) is 10.0 Å². The van der Waals surface area contributed by atoms with Crippen molar-refractivity contribution in [2.75, 3.05) is 0 Å². The molecule has 0 aliphatic heterocycles. The van der Waals surface area contributed by atoms with E-state index in [2.05, 4.69) is 0 Å². The van der Waals surface area contributed by atoms with E-state index >= 15 is 0 Å². The van der Waals surface area contributed by atoms with Crippen LogP contribution in [0.15, 0.2) is 101 Å². The Morgan fingerprint density at radius 1 is 0.881 bits per heavy atom. The summed E-state index contributed by atoms with van der Waals surface area (Å²) in [6.45, 7) is 1.93. The Hall–Kier alpha value is -3.95. The van der Waals surface area contributed by atoms with E-state index in [1.165, 1.54) is 69.9 Å². The number of thiophene rings is 1. The number of carboxylic acid groups (broad SMARTS) is 1. The Morgan fingerprint density at radius 2 is 1.62 bits per heavy atom. The maximum absolute atomic E-state index is 14.8. The lowest BCUT2D eigenvalue weighted by Crippen LogP contribution is -2.14. The van der Waals surface area contributed by atoms with E-state index in [1.807, 2.05) is 18.4 Å². The van der Waals surface area contributed by atoms with Crippen molar-refractivity contribution in [2.45, 2.75) is 11.8 Å². The third kappa shape index (κ3) is 4.80. The molecule has 4 aromatic carbocycles. The summed E-state index contributed by atoms with van der Waals surface area (Å²) in [5.41, 5.74) is 3.84. The molecule has 6 aromatic rings. The van der Waals surface area contributed by atoms with Gasteiger partial charge in [0, 0.05) is 37.0 Å². The van der Waals surface area contributed by atoms with Gasteiger partial charge in [-0.05, 0) is 90.2 Å². The molecule has 6 rings (SSSR count). The molecule has 42 heavy (non-hydrogen) atoms. The number of carboxylic acids is 1. The van der Waals surface area contributed by atoms with Gasteiger partial charge in [0.05, 0.1) is 21.7 Å². The fourth-order valence-corrected chi connectivity index (χ4v) is 7.76. The van der Waals surface area contributed by atoms with Gasteiger partial charge >= 0.3 is 5.97 Å². The summed E-state index contributed by atoms with van der Waals surface area (Å²) < 4.78 is 44.8. The monoisotopic (exact) mass is 635 g/mol. The lowest BCUT2D eigenvalue weighted by atomic mass is 9.96. The molecule has 10 heteroatoms. The molecule has 0 unspecified atom stereocenters. The Labute approximate surface area is 255 Å². The minimum Gasteiger partial charge on any atom is -0.478 e. The number of hydrogen-bond acceptors (Lipinski definition) is 4. The molecule has 0 aliphatic carbocycles. The van der Waals surface area contributed by atoms with Gasteiger partial charge in [-0.2, -0.15) is 0 Å². The maximum Gasteiger partial charge on any atom is 0.335 e. The number of aryl methyl sites for hydroxylation is 1. The molecular formula is C32H20Cl2FNO4S2. The summed E-state index contributed by atoms with van der Waals surface area (Å²) >= 11 is 14.1. The quantitative estimate of drug-likeness (QED) is 0.198. The lowest BCUT2D eigenvalue weighted by molar-refractivity contribution is 0.0697. The first-order chi connectivity index (χ1) is 20.1. The van der Waals surface area contributed by atoms with Crippen molar-refractivity contribution in [3.8, 4) is 33.5 Å². The number of carbonyl (C=O) groups is 1. The average molecular weight is 637 g/mol. The highest BCUT2D eigenvalue weighted by Gasteiger charge is 2.30. The number of halogens is 3. The van der Waals surface area contributed by atoms with Gasteiger partial charge in [-0.15, -0.1) is 11.3 Å². The minimum atomic E-state index is -4.21. The highest BCUT2D eigenvalue weighted by molar-refractivity contribution is 7.90. The van der Waals surface area contributed by atoms with E-state index in [0.29, 0.717) is 43.9 Å². The van der Waals surface area contributed by atoms with E-state index in [1.54, 1.807) is 30.3 Å². The maximum atomic E-state index is 14.8. The summed E-state index contributed by atoms with van der Waals surface area (Å²) in [6, 6.07) is 23.5. The van der Waals surface area contributed by atoms with Gasteiger partial charge in [-0.25, -0.2) is 21.6 Å². The van der Waals surface area contributed by atoms with Gasteiger partial charge < -0.3 is 5.11 Å². The summed E-state index contributed by atoms with van der Waals surface area (Å²) in [4.78, 5) is 12.4. The van der Waals surface area contributed by atoms with E-state index in [9.17, 15) is 22.7 Å². The van der Waals surface area contributed by atoms with Crippen molar-refractivity contribution >= 4 is 61.4 Å². The highest BCUT2D eigenvalue weighted by Crippen LogP contribution is 2.46. The largest absolute Gasteiger partial charge is 0.478 e. The number of rotatable bonds is 6. The Morgan fingerprint density at radius 3 is 2.29 bits per heavy atom. The van der Waals surface area contributed by atoms with Crippen molar-refractivity contribution in [3.05, 3.63) is 123 Å². The molecule has 0 amide bonds. The van der Waals surface area contributed by atoms with Crippen LogP contribution in [0.4, 0.5) is 4.39 Å². The summed E-state index contributed by atoms with van der Waals surface area (Å²) in [7, 11) is -4.21. The van der Waals surface area contributed by atoms with Crippen molar-refractivity contribution < 1.29 is 22.7 Å². The van der Waals surface area contributed by atoms with Gasteiger partial charge in [0.15, 0.2) is 0 Å². The lowest BCUT2D eigenvalue weighted by Gasteiger charge is -2.15. The number of fused-ring (bicyclic) bond motifs is 1. The van der Waals surface area contributed by atoms with E-state index in [0.717, 1.165) is 10.4 Å². The second kappa shape index (κ2) is 10.7. The molecule has 2 heterocycles. The molecule has 0 spiro atoms. The smallest absolute Gasteiger partial charge is 0.335 e. The molecule has 210 valence electrons. The van der Waals surface area contributed by atoms with Crippen LogP contribution in [-0.2, 0) is 10.0 Å².